The van der Waals surface area contributed by atoms with Crippen LogP contribution in [0.4, 0.5) is 0 Å². The number of unbranched alkanes of at least 4 members (excludes halogenated alkanes) is 1. The molecule has 224 valence electrons. The summed E-state index contributed by atoms with van der Waals surface area (Å²) in [5, 5.41) is 32.0. The summed E-state index contributed by atoms with van der Waals surface area (Å²) >= 11 is 0. The summed E-state index contributed by atoms with van der Waals surface area (Å²) < 4.78 is 0. The van der Waals surface area contributed by atoms with Gasteiger partial charge in [0.2, 0.25) is 23.6 Å². The number of rotatable bonds is 15. The second-order valence-corrected chi connectivity index (χ2v) is 9.93. The Kier molecular flexibility index (Phi) is 12.3. The molecule has 2 heterocycles. The lowest BCUT2D eigenvalue weighted by atomic mass is 10.1. The van der Waals surface area contributed by atoms with Crippen molar-refractivity contribution in [3.8, 4) is 0 Å². The maximum atomic E-state index is 13.6. The number of aliphatic carboxylic acids is 3. The van der Waals surface area contributed by atoms with Crippen LogP contribution >= 0.6 is 0 Å². The molecule has 2 aliphatic rings. The zero-order valence-electron chi connectivity index (χ0n) is 22.1. The molecule has 2 saturated heterocycles. The van der Waals surface area contributed by atoms with Crippen LogP contribution in [0, 0.1) is 0 Å². The molecule has 9 N–H and O–H groups in total. The molecule has 16 nitrogen and oxygen atoms in total. The van der Waals surface area contributed by atoms with E-state index in [2.05, 4.69) is 10.6 Å². The van der Waals surface area contributed by atoms with Gasteiger partial charge in [-0.2, -0.15) is 0 Å². The minimum absolute atomic E-state index is 0.162. The van der Waals surface area contributed by atoms with E-state index in [0.717, 1.165) is 0 Å². The highest BCUT2D eigenvalue weighted by Crippen LogP contribution is 2.22. The molecular formula is C24H38N6O10. The predicted octanol–water partition coefficient (Wildman–Crippen LogP) is -2.57. The monoisotopic (exact) mass is 570 g/mol. The van der Waals surface area contributed by atoms with Gasteiger partial charge in [-0.3, -0.25) is 28.8 Å². The number of carboxylic acids is 3. The van der Waals surface area contributed by atoms with Crippen LogP contribution in [0.25, 0.3) is 0 Å². The van der Waals surface area contributed by atoms with Crippen molar-refractivity contribution in [3.63, 3.8) is 0 Å². The smallest absolute Gasteiger partial charge is 0.326 e. The Hall–Kier alpha value is -3.79. The molecule has 40 heavy (non-hydrogen) atoms. The third-order valence-electron chi connectivity index (χ3n) is 6.94. The molecular weight excluding hydrogens is 532 g/mol. The van der Waals surface area contributed by atoms with Gasteiger partial charge in [0.05, 0.1) is 18.9 Å². The fourth-order valence-corrected chi connectivity index (χ4v) is 4.96. The average molecular weight is 571 g/mol. The summed E-state index contributed by atoms with van der Waals surface area (Å²) in [5.74, 6) is -6.90. The Morgan fingerprint density at radius 3 is 1.73 bits per heavy atom. The molecule has 2 rings (SSSR count). The number of carbonyl (C=O) groups excluding carboxylic acids is 4. The number of nitrogens with zero attached hydrogens (tertiary/aromatic N) is 2. The maximum Gasteiger partial charge on any atom is 0.326 e. The van der Waals surface area contributed by atoms with Crippen molar-refractivity contribution in [1.29, 1.82) is 0 Å². The minimum Gasteiger partial charge on any atom is -0.481 e. The molecule has 0 radical (unpaired) electrons. The number of nitrogens with one attached hydrogen (secondary N) is 2. The molecule has 0 saturated carbocycles. The van der Waals surface area contributed by atoms with E-state index in [1.165, 1.54) is 9.80 Å². The predicted molar refractivity (Wildman–Crippen MR) is 136 cm³/mol. The van der Waals surface area contributed by atoms with E-state index >= 15 is 0 Å². The summed E-state index contributed by atoms with van der Waals surface area (Å²) in [5.41, 5.74) is 11.3. The van der Waals surface area contributed by atoms with Gasteiger partial charge in [0.1, 0.15) is 24.2 Å². The number of hydrogen-bond acceptors (Lipinski definition) is 9. The van der Waals surface area contributed by atoms with Gasteiger partial charge < -0.3 is 47.2 Å². The van der Waals surface area contributed by atoms with Gasteiger partial charge in [0.25, 0.3) is 0 Å². The van der Waals surface area contributed by atoms with Crippen molar-refractivity contribution in [2.24, 2.45) is 11.5 Å². The van der Waals surface area contributed by atoms with Gasteiger partial charge in [-0.05, 0) is 51.5 Å². The number of likely N-dealkylation sites (tertiary alicyclic amines) is 2. The number of amides is 4. The molecule has 2 aliphatic heterocycles. The highest BCUT2D eigenvalue weighted by molar-refractivity contribution is 5.96. The van der Waals surface area contributed by atoms with Crippen LogP contribution in [0.1, 0.15) is 57.8 Å². The Labute approximate surface area is 230 Å². The van der Waals surface area contributed by atoms with Gasteiger partial charge >= 0.3 is 17.9 Å². The standard InChI is InChI=1S/C24H38N6O10/c25-8-2-1-5-14(27-20(35)16-6-3-9-29(16)22(37)13(26)11-18(31)32)23(38)30-10-4-7-17(30)21(36)28-15(24(39)40)12-19(33)34/h13-17H,1-12,25-26H2,(H,27,35)(H,28,36)(H,31,32)(H,33,34)(H,39,40)/t13-,14-,15-,16-,17-/m0/s1. The van der Waals surface area contributed by atoms with Crippen LogP contribution in [0.3, 0.4) is 0 Å². The average Bonchev–Trinajstić information content (AvgIpc) is 3.56. The maximum absolute atomic E-state index is 13.6. The summed E-state index contributed by atoms with van der Waals surface area (Å²) in [4.78, 5) is 88.2. The van der Waals surface area contributed by atoms with Crippen LogP contribution in [0.2, 0.25) is 0 Å². The van der Waals surface area contributed by atoms with Crippen LogP contribution in [0.5, 0.6) is 0 Å². The largest absolute Gasteiger partial charge is 0.481 e. The van der Waals surface area contributed by atoms with Crippen LogP contribution in [0.15, 0.2) is 0 Å². The molecule has 0 aliphatic carbocycles. The normalized spacial score (nSPS) is 20.9. The van der Waals surface area contributed by atoms with E-state index < -0.39 is 84.6 Å². The Bertz CT molecular complexity index is 991. The van der Waals surface area contributed by atoms with Gasteiger partial charge in [-0.15, -0.1) is 0 Å². The van der Waals surface area contributed by atoms with Gasteiger partial charge in [0, 0.05) is 13.1 Å². The third kappa shape index (κ3) is 8.87. The third-order valence-corrected chi connectivity index (χ3v) is 6.94. The lowest BCUT2D eigenvalue weighted by Gasteiger charge is -2.31. The SMILES string of the molecule is NCCCC[C@H](NC(=O)[C@@H]1CCCN1C(=O)[C@@H](N)CC(=O)O)C(=O)N1CCC[C@H]1C(=O)N[C@@H](CC(=O)O)C(=O)O. The van der Waals surface area contributed by atoms with E-state index in [4.69, 9.17) is 21.7 Å². The molecule has 0 aromatic carbocycles. The van der Waals surface area contributed by atoms with Crippen molar-refractivity contribution in [1.82, 2.24) is 20.4 Å². The number of carbonyl (C=O) groups is 7. The quantitative estimate of drug-likeness (QED) is 0.100. The van der Waals surface area contributed by atoms with E-state index in [1.807, 2.05) is 0 Å². The highest BCUT2D eigenvalue weighted by atomic mass is 16.4. The van der Waals surface area contributed by atoms with E-state index in [0.29, 0.717) is 32.2 Å². The second-order valence-electron chi connectivity index (χ2n) is 9.93. The van der Waals surface area contributed by atoms with E-state index in [-0.39, 0.29) is 32.4 Å². The van der Waals surface area contributed by atoms with Crippen molar-refractivity contribution in [2.45, 2.75) is 88.0 Å². The zero-order chi connectivity index (χ0) is 30.0. The molecule has 16 heteroatoms. The lowest BCUT2D eigenvalue weighted by Crippen LogP contribution is -2.58. The first-order valence-electron chi connectivity index (χ1n) is 13.2. The van der Waals surface area contributed by atoms with Crippen LogP contribution in [-0.2, 0) is 33.6 Å². The molecule has 0 aromatic rings. The van der Waals surface area contributed by atoms with Crippen molar-refractivity contribution < 1.29 is 48.9 Å². The van der Waals surface area contributed by atoms with Gasteiger partial charge in [-0.1, -0.05) is 0 Å². The summed E-state index contributed by atoms with van der Waals surface area (Å²) in [6.07, 6.45) is 1.17. The molecule has 4 amide bonds. The van der Waals surface area contributed by atoms with Crippen molar-refractivity contribution in [3.05, 3.63) is 0 Å². The summed E-state index contributed by atoms with van der Waals surface area (Å²) in [7, 11) is 0. The molecule has 0 spiro atoms. The Morgan fingerprint density at radius 2 is 1.25 bits per heavy atom. The molecule has 0 aromatic heterocycles. The number of nitrogens with two attached hydrogens (primary N) is 2. The van der Waals surface area contributed by atoms with Crippen LogP contribution in [-0.4, -0.2) is 116 Å². The first-order valence-corrected chi connectivity index (χ1v) is 13.2. The highest BCUT2D eigenvalue weighted by Gasteiger charge is 2.41. The summed E-state index contributed by atoms with van der Waals surface area (Å²) in [6, 6.07) is -6.10. The van der Waals surface area contributed by atoms with Crippen molar-refractivity contribution >= 4 is 41.5 Å². The Morgan fingerprint density at radius 1 is 0.750 bits per heavy atom. The van der Waals surface area contributed by atoms with Gasteiger partial charge in [0.15, 0.2) is 0 Å². The van der Waals surface area contributed by atoms with E-state index in [1.54, 1.807) is 0 Å². The lowest BCUT2D eigenvalue weighted by molar-refractivity contribution is -0.148. The Balaban J connectivity index is 2.17. The topological polar surface area (TPSA) is 263 Å². The van der Waals surface area contributed by atoms with E-state index in [9.17, 15) is 38.7 Å². The van der Waals surface area contributed by atoms with Crippen LogP contribution < -0.4 is 22.1 Å². The van der Waals surface area contributed by atoms with Gasteiger partial charge in [-0.25, -0.2) is 4.79 Å². The molecule has 0 bridgehead atoms. The molecule has 0 unspecified atom stereocenters. The first-order chi connectivity index (χ1) is 18.9. The minimum atomic E-state index is -1.68. The second kappa shape index (κ2) is 15.1. The van der Waals surface area contributed by atoms with Crippen molar-refractivity contribution in [2.75, 3.05) is 19.6 Å². The number of hydrogen-bond donors (Lipinski definition) is 7. The summed E-state index contributed by atoms with van der Waals surface area (Å²) in [6.45, 7) is 0.705. The fourth-order valence-electron chi connectivity index (χ4n) is 4.96. The first kappa shape index (κ1) is 32.4. The number of carboxylic acid groups (broad SMARTS) is 3. The molecule has 2 fully saturated rings. The fraction of sp³-hybridized carbons (Fsp3) is 0.708. The zero-order valence-corrected chi connectivity index (χ0v) is 22.1. The molecule has 5 atom stereocenters.